The molecular formula is C14H10FNO2. The van der Waals surface area contributed by atoms with E-state index in [0.717, 1.165) is 0 Å². The Hall–Kier alpha value is -2.49. The Labute approximate surface area is 103 Å². The third-order valence-electron chi connectivity index (χ3n) is 2.46. The number of hydrogen-bond donors (Lipinski definition) is 1. The van der Waals surface area contributed by atoms with Crippen molar-refractivity contribution >= 4 is 12.0 Å². The van der Waals surface area contributed by atoms with Crippen molar-refractivity contribution in [3.8, 4) is 11.1 Å². The van der Waals surface area contributed by atoms with Crippen LogP contribution in [-0.4, -0.2) is 16.1 Å². The van der Waals surface area contributed by atoms with Crippen LogP contribution < -0.4 is 0 Å². The first-order chi connectivity index (χ1) is 8.61. The first kappa shape index (κ1) is 12.0. The Balaban J connectivity index is 2.64. The number of halogens is 1. The van der Waals surface area contributed by atoms with Gasteiger partial charge in [-0.15, -0.1) is 0 Å². The molecule has 18 heavy (non-hydrogen) atoms. The van der Waals surface area contributed by atoms with Crippen LogP contribution in [0.2, 0.25) is 0 Å². The fourth-order valence-corrected chi connectivity index (χ4v) is 1.62. The van der Waals surface area contributed by atoms with E-state index < -0.39 is 11.8 Å². The summed E-state index contributed by atoms with van der Waals surface area (Å²) in [5, 5.41) is 8.95. The predicted molar refractivity (Wildman–Crippen MR) is 66.7 cm³/mol. The minimum absolute atomic E-state index is 0.134. The summed E-state index contributed by atoms with van der Waals surface area (Å²) < 4.78 is 13.7. The molecule has 0 aliphatic carbocycles. The van der Waals surface area contributed by atoms with Gasteiger partial charge in [-0.05, 0) is 29.8 Å². The molecule has 0 unspecified atom stereocenters. The van der Waals surface area contributed by atoms with Gasteiger partial charge in [0.1, 0.15) is 11.5 Å². The fourth-order valence-electron chi connectivity index (χ4n) is 1.62. The van der Waals surface area contributed by atoms with Crippen LogP contribution >= 0.6 is 0 Å². The molecule has 1 aromatic heterocycles. The minimum atomic E-state index is -1.16. The molecule has 1 aromatic carbocycles. The lowest BCUT2D eigenvalue weighted by Gasteiger charge is -2.06. The Kier molecular flexibility index (Phi) is 3.19. The van der Waals surface area contributed by atoms with Gasteiger partial charge >= 0.3 is 5.97 Å². The van der Waals surface area contributed by atoms with Crippen molar-refractivity contribution in [1.29, 1.82) is 0 Å². The summed E-state index contributed by atoms with van der Waals surface area (Å²) in [5.74, 6) is -1.56. The number of benzene rings is 1. The Morgan fingerprint density at radius 1 is 1.33 bits per heavy atom. The number of carboxylic acid groups (broad SMARTS) is 1. The highest BCUT2D eigenvalue weighted by Crippen LogP contribution is 2.24. The Morgan fingerprint density at radius 2 is 2.06 bits per heavy atom. The van der Waals surface area contributed by atoms with E-state index in [4.69, 9.17) is 5.11 Å². The molecule has 1 heterocycles. The molecule has 90 valence electrons. The molecule has 0 atom stereocenters. The standard InChI is InChI=1S/C14H10FNO2/c1-2-10-7-9(8-13(16-10)14(17)18)11-5-3-4-6-12(11)15/h2-8H,1H2,(H,17,18). The maximum atomic E-state index is 13.7. The first-order valence-electron chi connectivity index (χ1n) is 5.24. The number of carboxylic acids is 1. The van der Waals surface area contributed by atoms with E-state index in [1.807, 2.05) is 0 Å². The van der Waals surface area contributed by atoms with Crippen LogP contribution in [-0.2, 0) is 0 Å². The number of carbonyl (C=O) groups is 1. The number of hydrogen-bond acceptors (Lipinski definition) is 2. The number of aromatic nitrogens is 1. The van der Waals surface area contributed by atoms with Crippen molar-refractivity contribution in [3.05, 3.63) is 60.2 Å². The summed E-state index contributed by atoms with van der Waals surface area (Å²) in [7, 11) is 0. The van der Waals surface area contributed by atoms with Gasteiger partial charge in [-0.3, -0.25) is 0 Å². The number of pyridine rings is 1. The molecule has 0 fully saturated rings. The topological polar surface area (TPSA) is 50.2 Å². The highest BCUT2D eigenvalue weighted by Gasteiger charge is 2.11. The van der Waals surface area contributed by atoms with Gasteiger partial charge < -0.3 is 5.11 Å². The molecule has 0 amide bonds. The first-order valence-corrected chi connectivity index (χ1v) is 5.24. The summed E-state index contributed by atoms with van der Waals surface area (Å²) in [6.45, 7) is 3.54. The lowest BCUT2D eigenvalue weighted by Crippen LogP contribution is -2.02. The SMILES string of the molecule is C=Cc1cc(-c2ccccc2F)cc(C(=O)O)n1. The molecule has 0 saturated heterocycles. The van der Waals surface area contributed by atoms with Crippen molar-refractivity contribution < 1.29 is 14.3 Å². The predicted octanol–water partition coefficient (Wildman–Crippen LogP) is 3.23. The number of nitrogens with zero attached hydrogens (tertiary/aromatic N) is 1. The molecule has 0 saturated carbocycles. The molecular weight excluding hydrogens is 233 g/mol. The quantitative estimate of drug-likeness (QED) is 0.900. The lowest BCUT2D eigenvalue weighted by atomic mass is 10.0. The van der Waals surface area contributed by atoms with Crippen LogP contribution in [0.1, 0.15) is 16.2 Å². The number of rotatable bonds is 3. The second-order valence-corrected chi connectivity index (χ2v) is 3.66. The zero-order valence-electron chi connectivity index (χ0n) is 9.43. The summed E-state index contributed by atoms with van der Waals surface area (Å²) >= 11 is 0. The molecule has 0 aliphatic heterocycles. The fraction of sp³-hybridized carbons (Fsp3) is 0. The average molecular weight is 243 g/mol. The molecule has 0 radical (unpaired) electrons. The van der Waals surface area contributed by atoms with Crippen LogP contribution in [0.4, 0.5) is 4.39 Å². The second-order valence-electron chi connectivity index (χ2n) is 3.66. The van der Waals surface area contributed by atoms with Gasteiger partial charge in [-0.2, -0.15) is 0 Å². The molecule has 0 aliphatic rings. The van der Waals surface area contributed by atoms with Crippen LogP contribution in [0.15, 0.2) is 43.0 Å². The molecule has 2 aromatic rings. The summed E-state index contributed by atoms with van der Waals surface area (Å²) in [6, 6.07) is 9.11. The molecule has 2 rings (SSSR count). The van der Waals surface area contributed by atoms with Gasteiger partial charge in [0, 0.05) is 5.56 Å². The Morgan fingerprint density at radius 3 is 2.67 bits per heavy atom. The monoisotopic (exact) mass is 243 g/mol. The van der Waals surface area contributed by atoms with E-state index in [1.54, 1.807) is 24.3 Å². The van der Waals surface area contributed by atoms with Crippen LogP contribution in [0.3, 0.4) is 0 Å². The van der Waals surface area contributed by atoms with Crippen molar-refractivity contribution in [2.75, 3.05) is 0 Å². The van der Waals surface area contributed by atoms with Gasteiger partial charge in [0.25, 0.3) is 0 Å². The highest BCUT2D eigenvalue weighted by molar-refractivity contribution is 5.87. The summed E-state index contributed by atoms with van der Waals surface area (Å²) in [5.41, 5.74) is 1.07. The van der Waals surface area contributed by atoms with Crippen molar-refractivity contribution in [3.63, 3.8) is 0 Å². The van der Waals surface area contributed by atoms with E-state index in [-0.39, 0.29) is 5.69 Å². The summed E-state index contributed by atoms with van der Waals surface area (Å²) in [6.07, 6.45) is 1.43. The van der Waals surface area contributed by atoms with Gasteiger partial charge in [-0.1, -0.05) is 24.8 Å². The van der Waals surface area contributed by atoms with E-state index in [1.165, 1.54) is 18.2 Å². The van der Waals surface area contributed by atoms with Gasteiger partial charge in [-0.25, -0.2) is 14.2 Å². The van der Waals surface area contributed by atoms with E-state index in [0.29, 0.717) is 16.8 Å². The zero-order chi connectivity index (χ0) is 13.1. The van der Waals surface area contributed by atoms with Crippen molar-refractivity contribution in [1.82, 2.24) is 4.98 Å². The van der Waals surface area contributed by atoms with E-state index in [2.05, 4.69) is 11.6 Å². The molecule has 0 bridgehead atoms. The largest absolute Gasteiger partial charge is 0.477 e. The smallest absolute Gasteiger partial charge is 0.354 e. The van der Waals surface area contributed by atoms with Gasteiger partial charge in [0.2, 0.25) is 0 Å². The minimum Gasteiger partial charge on any atom is -0.477 e. The maximum Gasteiger partial charge on any atom is 0.354 e. The van der Waals surface area contributed by atoms with E-state index >= 15 is 0 Å². The van der Waals surface area contributed by atoms with Crippen LogP contribution in [0.5, 0.6) is 0 Å². The van der Waals surface area contributed by atoms with E-state index in [9.17, 15) is 9.18 Å². The second kappa shape index (κ2) is 4.79. The third-order valence-corrected chi connectivity index (χ3v) is 2.46. The molecule has 1 N–H and O–H groups in total. The van der Waals surface area contributed by atoms with Crippen molar-refractivity contribution in [2.45, 2.75) is 0 Å². The molecule has 4 heteroatoms. The zero-order valence-corrected chi connectivity index (χ0v) is 9.43. The maximum absolute atomic E-state index is 13.7. The van der Waals surface area contributed by atoms with Crippen LogP contribution in [0.25, 0.3) is 17.2 Å². The normalized spacial score (nSPS) is 10.1. The average Bonchev–Trinajstić information content (AvgIpc) is 2.38. The lowest BCUT2D eigenvalue weighted by molar-refractivity contribution is 0.0690. The molecule has 3 nitrogen and oxygen atoms in total. The highest BCUT2D eigenvalue weighted by atomic mass is 19.1. The van der Waals surface area contributed by atoms with Crippen LogP contribution in [0, 0.1) is 5.82 Å². The number of aromatic carboxylic acids is 1. The van der Waals surface area contributed by atoms with Gasteiger partial charge in [0.05, 0.1) is 5.69 Å². The molecule has 0 spiro atoms. The van der Waals surface area contributed by atoms with Crippen molar-refractivity contribution in [2.24, 2.45) is 0 Å². The van der Waals surface area contributed by atoms with Gasteiger partial charge in [0.15, 0.2) is 0 Å². The summed E-state index contributed by atoms with van der Waals surface area (Å²) in [4.78, 5) is 14.8. The third kappa shape index (κ3) is 2.27. The Bertz CT molecular complexity index is 623.